The van der Waals surface area contributed by atoms with E-state index in [0.717, 1.165) is 18.7 Å². The third-order valence-corrected chi connectivity index (χ3v) is 3.68. The van der Waals surface area contributed by atoms with E-state index in [1.165, 1.54) is 22.2 Å². The summed E-state index contributed by atoms with van der Waals surface area (Å²) in [6.45, 7) is 2.93. The smallest absolute Gasteiger partial charge is 0.0894 e. The Kier molecular flexibility index (Phi) is 3.42. The van der Waals surface area contributed by atoms with Crippen molar-refractivity contribution in [3.8, 4) is 0 Å². The quantitative estimate of drug-likeness (QED) is 0.778. The summed E-state index contributed by atoms with van der Waals surface area (Å²) >= 11 is 0. The van der Waals surface area contributed by atoms with Crippen molar-refractivity contribution in [1.29, 1.82) is 0 Å². The molecule has 3 heteroatoms. The van der Waals surface area contributed by atoms with Crippen LogP contribution in [0.1, 0.15) is 18.2 Å². The van der Waals surface area contributed by atoms with E-state index in [1.54, 1.807) is 0 Å². The number of rotatable bonds is 4. The molecule has 0 atom stereocenters. The van der Waals surface area contributed by atoms with Crippen LogP contribution in [0, 0.1) is 0 Å². The number of hydrogen-bond acceptors (Lipinski definition) is 2. The number of nitrogens with zero attached hydrogens (tertiary/aromatic N) is 2. The Morgan fingerprint density at radius 1 is 1.05 bits per heavy atom. The maximum absolute atomic E-state index is 4.61. The summed E-state index contributed by atoms with van der Waals surface area (Å²) in [7, 11) is 1.99. The molecular weight excluding hydrogens is 246 g/mol. The summed E-state index contributed by atoms with van der Waals surface area (Å²) in [6.07, 6.45) is 1.03. The zero-order valence-corrected chi connectivity index (χ0v) is 11.9. The minimum Gasteiger partial charge on any atom is -0.379 e. The number of fused-ring (bicyclic) bond motifs is 1. The molecule has 2 aromatic carbocycles. The summed E-state index contributed by atoms with van der Waals surface area (Å²) in [6, 6.07) is 16.8. The van der Waals surface area contributed by atoms with Gasteiger partial charge < -0.3 is 5.32 Å². The fourth-order valence-corrected chi connectivity index (χ4v) is 2.60. The molecule has 0 aliphatic heterocycles. The van der Waals surface area contributed by atoms with Crippen molar-refractivity contribution >= 4 is 16.6 Å². The molecule has 102 valence electrons. The van der Waals surface area contributed by atoms with E-state index in [4.69, 9.17) is 0 Å². The Labute approximate surface area is 119 Å². The van der Waals surface area contributed by atoms with Gasteiger partial charge in [0, 0.05) is 18.1 Å². The van der Waals surface area contributed by atoms with Crippen LogP contribution in [0.5, 0.6) is 0 Å². The molecule has 3 rings (SSSR count). The highest BCUT2D eigenvalue weighted by atomic mass is 15.3. The first-order valence-electron chi connectivity index (χ1n) is 7.02. The first-order valence-corrected chi connectivity index (χ1v) is 7.02. The number of anilines is 1. The molecular formula is C17H19N3. The molecule has 1 aromatic heterocycles. The highest BCUT2D eigenvalue weighted by Gasteiger charge is 2.08. The van der Waals surface area contributed by atoms with E-state index in [1.807, 2.05) is 17.8 Å². The lowest BCUT2D eigenvalue weighted by Crippen LogP contribution is -2.03. The fraction of sp³-hybridized carbons (Fsp3) is 0.235. The Morgan fingerprint density at radius 2 is 1.80 bits per heavy atom. The topological polar surface area (TPSA) is 29.9 Å². The molecule has 0 bridgehead atoms. The molecule has 0 fully saturated rings. The van der Waals surface area contributed by atoms with Gasteiger partial charge >= 0.3 is 0 Å². The summed E-state index contributed by atoms with van der Waals surface area (Å²) < 4.78 is 1.94. The van der Waals surface area contributed by atoms with Gasteiger partial charge in [-0.2, -0.15) is 5.10 Å². The van der Waals surface area contributed by atoms with Gasteiger partial charge in [0.1, 0.15) is 0 Å². The van der Waals surface area contributed by atoms with Crippen LogP contribution in [0.15, 0.2) is 48.5 Å². The molecule has 0 spiro atoms. The van der Waals surface area contributed by atoms with Crippen LogP contribution >= 0.6 is 0 Å². The van der Waals surface area contributed by atoms with E-state index < -0.39 is 0 Å². The maximum Gasteiger partial charge on any atom is 0.0894 e. The molecule has 0 radical (unpaired) electrons. The highest BCUT2D eigenvalue weighted by molar-refractivity contribution is 5.82. The first kappa shape index (κ1) is 12.7. The lowest BCUT2D eigenvalue weighted by atomic mass is 10.1. The molecule has 0 amide bonds. The van der Waals surface area contributed by atoms with E-state index in [-0.39, 0.29) is 0 Å². The van der Waals surface area contributed by atoms with Gasteiger partial charge in [0.15, 0.2) is 0 Å². The van der Waals surface area contributed by atoms with Crippen molar-refractivity contribution in [2.24, 2.45) is 7.05 Å². The summed E-state index contributed by atoms with van der Waals surface area (Å²) in [5.41, 5.74) is 4.81. The Hall–Kier alpha value is -2.29. The average Bonchev–Trinajstić information content (AvgIpc) is 2.82. The molecule has 3 nitrogen and oxygen atoms in total. The number of benzene rings is 2. The lowest BCUT2D eigenvalue weighted by molar-refractivity contribution is 0.771. The number of aryl methyl sites for hydroxylation is 2. The van der Waals surface area contributed by atoms with Crippen molar-refractivity contribution in [2.75, 3.05) is 5.32 Å². The number of para-hydroxylation sites is 2. The van der Waals surface area contributed by atoms with Crippen molar-refractivity contribution < 1.29 is 0 Å². The Bertz CT molecular complexity index is 728. The normalized spacial score (nSPS) is 10.9. The standard InChI is InChI=1S/C17H19N3/c1-3-13-8-4-6-10-15(13)18-12-16-14-9-5-7-11-17(14)20(2)19-16/h4-11,18H,3,12H2,1-2H3. The molecule has 0 aliphatic carbocycles. The van der Waals surface area contributed by atoms with Crippen molar-refractivity contribution in [3.05, 3.63) is 59.8 Å². The highest BCUT2D eigenvalue weighted by Crippen LogP contribution is 2.20. The van der Waals surface area contributed by atoms with Crippen LogP contribution in [-0.2, 0) is 20.0 Å². The lowest BCUT2D eigenvalue weighted by Gasteiger charge is -2.09. The van der Waals surface area contributed by atoms with Crippen LogP contribution in [0.4, 0.5) is 5.69 Å². The van der Waals surface area contributed by atoms with E-state index >= 15 is 0 Å². The zero-order valence-electron chi connectivity index (χ0n) is 11.9. The molecule has 0 saturated carbocycles. The van der Waals surface area contributed by atoms with E-state index in [2.05, 4.69) is 59.8 Å². The van der Waals surface area contributed by atoms with Gasteiger partial charge in [0.25, 0.3) is 0 Å². The Morgan fingerprint density at radius 3 is 2.65 bits per heavy atom. The van der Waals surface area contributed by atoms with Crippen molar-refractivity contribution in [3.63, 3.8) is 0 Å². The van der Waals surface area contributed by atoms with E-state index in [0.29, 0.717) is 0 Å². The van der Waals surface area contributed by atoms with Gasteiger partial charge in [0.05, 0.1) is 17.8 Å². The molecule has 1 N–H and O–H groups in total. The molecule has 20 heavy (non-hydrogen) atoms. The second-order valence-electron chi connectivity index (χ2n) is 4.95. The van der Waals surface area contributed by atoms with Gasteiger partial charge in [-0.25, -0.2) is 0 Å². The van der Waals surface area contributed by atoms with Crippen LogP contribution in [0.25, 0.3) is 10.9 Å². The second-order valence-corrected chi connectivity index (χ2v) is 4.95. The Balaban J connectivity index is 1.87. The summed E-state index contributed by atoms with van der Waals surface area (Å²) in [4.78, 5) is 0. The third-order valence-electron chi connectivity index (χ3n) is 3.68. The summed E-state index contributed by atoms with van der Waals surface area (Å²) in [5.74, 6) is 0. The summed E-state index contributed by atoms with van der Waals surface area (Å²) in [5, 5.41) is 9.34. The zero-order chi connectivity index (χ0) is 13.9. The fourth-order valence-electron chi connectivity index (χ4n) is 2.60. The molecule has 0 saturated heterocycles. The predicted molar refractivity (Wildman–Crippen MR) is 83.9 cm³/mol. The van der Waals surface area contributed by atoms with Gasteiger partial charge in [-0.15, -0.1) is 0 Å². The average molecular weight is 265 g/mol. The largest absolute Gasteiger partial charge is 0.379 e. The van der Waals surface area contributed by atoms with Crippen LogP contribution in [0.2, 0.25) is 0 Å². The van der Waals surface area contributed by atoms with Gasteiger partial charge in [-0.05, 0) is 24.1 Å². The number of aromatic nitrogens is 2. The number of nitrogens with one attached hydrogen (secondary N) is 1. The third kappa shape index (κ3) is 2.27. The predicted octanol–water partition coefficient (Wildman–Crippen LogP) is 3.75. The minimum absolute atomic E-state index is 0.748. The monoisotopic (exact) mass is 265 g/mol. The second kappa shape index (κ2) is 5.37. The molecule has 0 unspecified atom stereocenters. The van der Waals surface area contributed by atoms with Crippen molar-refractivity contribution in [2.45, 2.75) is 19.9 Å². The molecule has 3 aromatic rings. The number of hydrogen-bond donors (Lipinski definition) is 1. The van der Waals surface area contributed by atoms with Crippen LogP contribution in [0.3, 0.4) is 0 Å². The van der Waals surface area contributed by atoms with Gasteiger partial charge in [0.2, 0.25) is 0 Å². The molecule has 0 aliphatic rings. The van der Waals surface area contributed by atoms with Gasteiger partial charge in [-0.1, -0.05) is 43.3 Å². The van der Waals surface area contributed by atoms with Crippen molar-refractivity contribution in [1.82, 2.24) is 9.78 Å². The van der Waals surface area contributed by atoms with Crippen LogP contribution in [-0.4, -0.2) is 9.78 Å². The van der Waals surface area contributed by atoms with E-state index in [9.17, 15) is 0 Å². The molecule has 1 heterocycles. The van der Waals surface area contributed by atoms with Gasteiger partial charge in [-0.3, -0.25) is 4.68 Å². The maximum atomic E-state index is 4.61. The minimum atomic E-state index is 0.748. The van der Waals surface area contributed by atoms with Crippen LogP contribution < -0.4 is 5.32 Å². The SMILES string of the molecule is CCc1ccccc1NCc1nn(C)c2ccccc12. The first-order chi connectivity index (χ1) is 9.79.